The number of nitrogens with one attached hydrogen (secondary N) is 1. The van der Waals surface area contributed by atoms with Crippen molar-refractivity contribution in [3.05, 3.63) is 23.8 Å². The second kappa shape index (κ2) is 8.84. The lowest BCUT2D eigenvalue weighted by Crippen LogP contribution is -2.22. The number of hydrogen-bond donors (Lipinski definition) is 1. The predicted octanol–water partition coefficient (Wildman–Crippen LogP) is 2.73. The number of carbonyl (C=O) groups is 2. The topological polar surface area (TPSA) is 89.3 Å². The molecule has 1 aliphatic carbocycles. The fourth-order valence-electron chi connectivity index (χ4n) is 2.91. The molecule has 1 saturated carbocycles. The van der Waals surface area contributed by atoms with Gasteiger partial charge in [-0.1, -0.05) is 31.0 Å². The van der Waals surface area contributed by atoms with E-state index < -0.39 is 0 Å². The number of carbonyl (C=O) groups excluding carboxylic acids is 2. The van der Waals surface area contributed by atoms with Crippen molar-refractivity contribution in [3.8, 4) is 11.5 Å². The summed E-state index contributed by atoms with van der Waals surface area (Å²) < 4.78 is 10.9. The van der Waals surface area contributed by atoms with Crippen LogP contribution in [0.3, 0.4) is 0 Å². The molecule has 1 aromatic rings. The van der Waals surface area contributed by atoms with Crippen molar-refractivity contribution < 1.29 is 19.1 Å². The fourth-order valence-corrected chi connectivity index (χ4v) is 3.54. The van der Waals surface area contributed by atoms with Crippen LogP contribution >= 0.6 is 11.8 Å². The molecule has 1 amide bonds. The van der Waals surface area contributed by atoms with Gasteiger partial charge < -0.3 is 14.8 Å². The van der Waals surface area contributed by atoms with Crippen molar-refractivity contribution in [1.29, 1.82) is 0 Å². The van der Waals surface area contributed by atoms with E-state index in [4.69, 9.17) is 9.47 Å². The molecule has 2 fully saturated rings. The van der Waals surface area contributed by atoms with E-state index in [-0.39, 0.29) is 17.8 Å². The summed E-state index contributed by atoms with van der Waals surface area (Å²) in [6, 6.07) is 5.20. The molecule has 7 nitrogen and oxygen atoms in total. The van der Waals surface area contributed by atoms with Crippen LogP contribution in [-0.2, 0) is 9.59 Å². The summed E-state index contributed by atoms with van der Waals surface area (Å²) in [6.45, 7) is 0. The zero-order valence-electron chi connectivity index (χ0n) is 14.6. The van der Waals surface area contributed by atoms with Gasteiger partial charge in [0.25, 0.3) is 0 Å². The first-order valence-electron chi connectivity index (χ1n) is 8.59. The Bertz CT molecular complexity index is 742. The molecule has 2 aliphatic rings. The smallest absolute Gasteiger partial charge is 0.314 e. The van der Waals surface area contributed by atoms with E-state index >= 15 is 0 Å². The van der Waals surface area contributed by atoms with Crippen molar-refractivity contribution in [3.63, 3.8) is 0 Å². The van der Waals surface area contributed by atoms with Crippen molar-refractivity contribution in [2.24, 2.45) is 16.1 Å². The number of amides is 1. The molecule has 8 heteroatoms. The highest BCUT2D eigenvalue weighted by atomic mass is 32.2. The Morgan fingerprint density at radius 2 is 2.08 bits per heavy atom. The molecule has 0 aromatic heterocycles. The first-order valence-corrected chi connectivity index (χ1v) is 9.57. The van der Waals surface area contributed by atoms with Gasteiger partial charge in [-0.2, -0.15) is 5.10 Å². The normalized spacial score (nSPS) is 19.7. The maximum absolute atomic E-state index is 12.3. The van der Waals surface area contributed by atoms with Gasteiger partial charge in [-0.15, -0.1) is 5.10 Å². The zero-order chi connectivity index (χ0) is 18.4. The average molecular weight is 375 g/mol. The Hall–Kier alpha value is -2.35. The number of esters is 1. The van der Waals surface area contributed by atoms with Gasteiger partial charge in [0.2, 0.25) is 5.91 Å². The molecular formula is C18H21N3O4S. The lowest BCUT2D eigenvalue weighted by atomic mass is 9.89. The number of methoxy groups -OCH3 is 1. The molecule has 0 atom stereocenters. The first-order chi connectivity index (χ1) is 12.7. The Morgan fingerprint density at radius 3 is 2.77 bits per heavy atom. The molecule has 1 aliphatic heterocycles. The van der Waals surface area contributed by atoms with E-state index in [1.54, 1.807) is 24.4 Å². The molecule has 0 bridgehead atoms. The largest absolute Gasteiger partial charge is 0.493 e. The van der Waals surface area contributed by atoms with Crippen LogP contribution in [0, 0.1) is 5.92 Å². The Kier molecular flexibility index (Phi) is 6.27. The monoisotopic (exact) mass is 375 g/mol. The van der Waals surface area contributed by atoms with E-state index in [1.165, 1.54) is 25.3 Å². The second-order valence-electron chi connectivity index (χ2n) is 6.15. The van der Waals surface area contributed by atoms with Crippen LogP contribution < -0.4 is 14.8 Å². The standard InChI is InChI=1S/C18H21N3O4S/c1-24-15-9-12(10-19-21-18-20-16(22)11-26-18)7-8-14(15)25-17(23)13-5-3-2-4-6-13/h7-10,13H,2-6,11H2,1H3,(H,20,21,22). The molecule has 1 saturated heterocycles. The number of rotatable bonds is 5. The first kappa shape index (κ1) is 18.4. The van der Waals surface area contributed by atoms with Crippen LogP contribution in [-0.4, -0.2) is 36.1 Å². The minimum absolute atomic E-state index is 0.0235. The number of thioether (sulfide) groups is 1. The summed E-state index contributed by atoms with van der Waals surface area (Å²) in [7, 11) is 1.53. The predicted molar refractivity (Wildman–Crippen MR) is 101 cm³/mol. The quantitative estimate of drug-likeness (QED) is 0.370. The minimum Gasteiger partial charge on any atom is -0.493 e. The van der Waals surface area contributed by atoms with Gasteiger partial charge in [0.15, 0.2) is 16.7 Å². The molecule has 1 heterocycles. The third-order valence-corrected chi connectivity index (χ3v) is 5.14. The maximum atomic E-state index is 12.3. The molecule has 3 rings (SSSR count). The molecule has 26 heavy (non-hydrogen) atoms. The van der Waals surface area contributed by atoms with E-state index in [9.17, 15) is 9.59 Å². The minimum atomic E-state index is -0.190. The lowest BCUT2D eigenvalue weighted by molar-refractivity contribution is -0.140. The summed E-state index contributed by atoms with van der Waals surface area (Å²) in [5.41, 5.74) is 0.748. The van der Waals surface area contributed by atoms with E-state index in [2.05, 4.69) is 15.5 Å². The number of hydrogen-bond acceptors (Lipinski definition) is 7. The van der Waals surface area contributed by atoms with Crippen LogP contribution in [0.2, 0.25) is 0 Å². The van der Waals surface area contributed by atoms with Gasteiger partial charge >= 0.3 is 5.97 Å². The Morgan fingerprint density at radius 1 is 1.27 bits per heavy atom. The second-order valence-corrected chi connectivity index (χ2v) is 7.12. The Balaban J connectivity index is 1.65. The Labute approximate surface area is 156 Å². The number of amidine groups is 1. The molecule has 138 valence electrons. The zero-order valence-corrected chi connectivity index (χ0v) is 15.4. The molecular weight excluding hydrogens is 354 g/mol. The van der Waals surface area contributed by atoms with Crippen molar-refractivity contribution in [2.75, 3.05) is 12.9 Å². The van der Waals surface area contributed by atoms with Gasteiger partial charge in [-0.3, -0.25) is 9.59 Å². The van der Waals surface area contributed by atoms with Gasteiger partial charge in [0.05, 0.1) is 25.0 Å². The number of nitrogens with zero attached hydrogens (tertiary/aromatic N) is 2. The van der Waals surface area contributed by atoms with E-state index in [0.717, 1.165) is 31.2 Å². The third kappa shape index (κ3) is 4.85. The summed E-state index contributed by atoms with van der Waals surface area (Å²) in [5.74, 6) is 0.951. The van der Waals surface area contributed by atoms with Crippen LogP contribution in [0.5, 0.6) is 11.5 Å². The molecule has 1 N–H and O–H groups in total. The van der Waals surface area contributed by atoms with Gasteiger partial charge in [0.1, 0.15) is 0 Å². The lowest BCUT2D eigenvalue weighted by Gasteiger charge is -2.20. The van der Waals surface area contributed by atoms with E-state index in [1.807, 2.05) is 0 Å². The summed E-state index contributed by atoms with van der Waals surface area (Å²) in [6.07, 6.45) is 6.67. The van der Waals surface area contributed by atoms with Crippen LogP contribution in [0.1, 0.15) is 37.7 Å². The molecule has 1 aromatic carbocycles. The highest BCUT2D eigenvalue weighted by Crippen LogP contribution is 2.31. The average Bonchev–Trinajstić information content (AvgIpc) is 3.08. The summed E-state index contributed by atoms with van der Waals surface area (Å²) in [4.78, 5) is 23.4. The van der Waals surface area contributed by atoms with Crippen LogP contribution in [0.15, 0.2) is 28.4 Å². The van der Waals surface area contributed by atoms with Gasteiger partial charge in [-0.25, -0.2) is 0 Å². The molecule has 0 radical (unpaired) electrons. The number of ether oxygens (including phenoxy) is 2. The van der Waals surface area contributed by atoms with Crippen LogP contribution in [0.25, 0.3) is 0 Å². The van der Waals surface area contributed by atoms with Crippen molar-refractivity contribution in [1.82, 2.24) is 5.32 Å². The highest BCUT2D eigenvalue weighted by Gasteiger charge is 2.24. The molecule has 0 spiro atoms. The van der Waals surface area contributed by atoms with Crippen LogP contribution in [0.4, 0.5) is 0 Å². The number of benzene rings is 1. The fraction of sp³-hybridized carbons (Fsp3) is 0.444. The highest BCUT2D eigenvalue weighted by molar-refractivity contribution is 8.15. The van der Waals surface area contributed by atoms with Gasteiger partial charge in [0, 0.05) is 0 Å². The third-order valence-electron chi connectivity index (χ3n) is 4.28. The van der Waals surface area contributed by atoms with Crippen molar-refractivity contribution >= 4 is 35.0 Å². The molecule has 0 unspecified atom stereocenters. The maximum Gasteiger partial charge on any atom is 0.314 e. The van der Waals surface area contributed by atoms with E-state index in [0.29, 0.717) is 22.4 Å². The summed E-state index contributed by atoms with van der Waals surface area (Å²) in [5, 5.41) is 11.0. The van der Waals surface area contributed by atoms with Crippen molar-refractivity contribution in [2.45, 2.75) is 32.1 Å². The SMILES string of the molecule is COc1cc(C=NN=C2NC(=O)CS2)ccc1OC(=O)C1CCCCC1. The summed E-state index contributed by atoms with van der Waals surface area (Å²) >= 11 is 1.31. The van der Waals surface area contributed by atoms with Gasteiger partial charge in [-0.05, 0) is 36.6 Å².